The average Bonchev–Trinajstić information content (AvgIpc) is 2.41. The first kappa shape index (κ1) is 14.0. The van der Waals surface area contributed by atoms with Crippen LogP contribution in [0.2, 0.25) is 0 Å². The Hall–Kier alpha value is -1.39. The lowest BCUT2D eigenvalue weighted by atomic mass is 9.78. The van der Waals surface area contributed by atoms with Gasteiger partial charge in [-0.2, -0.15) is 4.98 Å². The van der Waals surface area contributed by atoms with Gasteiger partial charge in [-0.1, -0.05) is 26.7 Å². The molecule has 5 heteroatoms. The molecule has 0 spiro atoms. The summed E-state index contributed by atoms with van der Waals surface area (Å²) >= 11 is 0. The summed E-state index contributed by atoms with van der Waals surface area (Å²) in [6.07, 6.45) is 5.98. The minimum absolute atomic E-state index is 0.308. The fourth-order valence-corrected chi connectivity index (χ4v) is 2.90. The molecule has 1 aromatic heterocycles. The summed E-state index contributed by atoms with van der Waals surface area (Å²) in [4.78, 5) is 8.04. The zero-order chi connectivity index (χ0) is 13.8. The third kappa shape index (κ3) is 3.33. The SMILES string of the molecule is CNc1ncc(F)c(NC2CCCCC2C(C)C)n1. The molecule has 2 rings (SSSR count). The van der Waals surface area contributed by atoms with Gasteiger partial charge in [0.2, 0.25) is 5.95 Å². The van der Waals surface area contributed by atoms with Crippen molar-refractivity contribution in [2.75, 3.05) is 17.7 Å². The van der Waals surface area contributed by atoms with Crippen molar-refractivity contribution >= 4 is 11.8 Å². The summed E-state index contributed by atoms with van der Waals surface area (Å²) in [6.45, 7) is 4.47. The molecule has 0 bridgehead atoms. The van der Waals surface area contributed by atoms with Crippen molar-refractivity contribution in [3.05, 3.63) is 12.0 Å². The monoisotopic (exact) mass is 266 g/mol. The van der Waals surface area contributed by atoms with E-state index in [9.17, 15) is 4.39 Å². The number of anilines is 2. The van der Waals surface area contributed by atoms with Crippen molar-refractivity contribution in [2.24, 2.45) is 11.8 Å². The molecule has 19 heavy (non-hydrogen) atoms. The molecule has 106 valence electrons. The zero-order valence-corrected chi connectivity index (χ0v) is 11.9. The Morgan fingerprint density at radius 2 is 2.05 bits per heavy atom. The molecule has 0 amide bonds. The van der Waals surface area contributed by atoms with E-state index in [4.69, 9.17) is 0 Å². The Morgan fingerprint density at radius 1 is 1.32 bits per heavy atom. The van der Waals surface area contributed by atoms with Crippen LogP contribution in [0.5, 0.6) is 0 Å². The van der Waals surface area contributed by atoms with E-state index < -0.39 is 0 Å². The lowest BCUT2D eigenvalue weighted by Gasteiger charge is -2.35. The van der Waals surface area contributed by atoms with Gasteiger partial charge in [-0.15, -0.1) is 0 Å². The molecule has 1 saturated carbocycles. The largest absolute Gasteiger partial charge is 0.364 e. The molecule has 4 nitrogen and oxygen atoms in total. The van der Waals surface area contributed by atoms with Crippen LogP contribution in [0.4, 0.5) is 16.2 Å². The number of hydrogen-bond acceptors (Lipinski definition) is 4. The Balaban J connectivity index is 2.14. The van der Waals surface area contributed by atoms with Crippen LogP contribution in [0.15, 0.2) is 6.20 Å². The summed E-state index contributed by atoms with van der Waals surface area (Å²) in [5.74, 6) is 1.57. The third-order valence-electron chi connectivity index (χ3n) is 3.97. The second-order valence-corrected chi connectivity index (χ2v) is 5.58. The highest BCUT2D eigenvalue weighted by Gasteiger charge is 2.28. The molecular weight excluding hydrogens is 243 g/mol. The number of halogens is 1. The van der Waals surface area contributed by atoms with Gasteiger partial charge in [-0.05, 0) is 24.7 Å². The topological polar surface area (TPSA) is 49.8 Å². The van der Waals surface area contributed by atoms with Gasteiger partial charge in [0.25, 0.3) is 0 Å². The molecule has 1 aliphatic rings. The highest BCUT2D eigenvalue weighted by Crippen LogP contribution is 2.32. The second kappa shape index (κ2) is 6.17. The molecule has 0 aromatic carbocycles. The molecule has 1 fully saturated rings. The molecule has 1 aromatic rings. The molecule has 1 aliphatic carbocycles. The van der Waals surface area contributed by atoms with Gasteiger partial charge < -0.3 is 10.6 Å². The Kier molecular flexibility index (Phi) is 4.56. The molecular formula is C14H23FN4. The number of rotatable bonds is 4. The number of aromatic nitrogens is 2. The van der Waals surface area contributed by atoms with Crippen LogP contribution in [0.3, 0.4) is 0 Å². The number of nitrogens with zero attached hydrogens (tertiary/aromatic N) is 2. The van der Waals surface area contributed by atoms with Crippen LogP contribution in [-0.4, -0.2) is 23.1 Å². The summed E-state index contributed by atoms with van der Waals surface area (Å²) in [7, 11) is 1.73. The summed E-state index contributed by atoms with van der Waals surface area (Å²) < 4.78 is 13.8. The van der Waals surface area contributed by atoms with Crippen LogP contribution >= 0.6 is 0 Å². The van der Waals surface area contributed by atoms with E-state index in [1.807, 2.05) is 0 Å². The van der Waals surface area contributed by atoms with Gasteiger partial charge in [0.1, 0.15) is 0 Å². The second-order valence-electron chi connectivity index (χ2n) is 5.58. The summed E-state index contributed by atoms with van der Waals surface area (Å²) in [5, 5.41) is 6.13. The smallest absolute Gasteiger partial charge is 0.224 e. The fraction of sp³-hybridized carbons (Fsp3) is 0.714. The minimum atomic E-state index is -0.382. The molecule has 1 heterocycles. The van der Waals surface area contributed by atoms with Crippen molar-refractivity contribution in [3.8, 4) is 0 Å². The van der Waals surface area contributed by atoms with Gasteiger partial charge in [-0.3, -0.25) is 0 Å². The normalized spacial score (nSPS) is 23.4. The summed E-state index contributed by atoms with van der Waals surface area (Å²) in [6, 6.07) is 0.308. The first-order chi connectivity index (χ1) is 9.11. The van der Waals surface area contributed by atoms with Crippen molar-refractivity contribution in [2.45, 2.75) is 45.6 Å². The van der Waals surface area contributed by atoms with Gasteiger partial charge >= 0.3 is 0 Å². The van der Waals surface area contributed by atoms with E-state index in [1.165, 1.54) is 25.5 Å². The summed E-state index contributed by atoms with van der Waals surface area (Å²) in [5.41, 5.74) is 0. The maximum Gasteiger partial charge on any atom is 0.224 e. The predicted molar refractivity (Wildman–Crippen MR) is 75.7 cm³/mol. The lowest BCUT2D eigenvalue weighted by Crippen LogP contribution is -2.35. The zero-order valence-electron chi connectivity index (χ0n) is 11.9. The van der Waals surface area contributed by atoms with Crippen LogP contribution in [0.25, 0.3) is 0 Å². The van der Waals surface area contributed by atoms with Gasteiger partial charge in [-0.25, -0.2) is 9.37 Å². The minimum Gasteiger partial charge on any atom is -0.364 e. The molecule has 0 saturated heterocycles. The highest BCUT2D eigenvalue weighted by molar-refractivity contribution is 5.41. The van der Waals surface area contributed by atoms with Crippen molar-refractivity contribution < 1.29 is 4.39 Å². The Bertz CT molecular complexity index is 422. The predicted octanol–water partition coefficient (Wildman–Crippen LogP) is 3.28. The van der Waals surface area contributed by atoms with Gasteiger partial charge in [0.15, 0.2) is 11.6 Å². The number of nitrogens with one attached hydrogen (secondary N) is 2. The van der Waals surface area contributed by atoms with E-state index in [0.717, 1.165) is 6.42 Å². The van der Waals surface area contributed by atoms with Crippen LogP contribution in [-0.2, 0) is 0 Å². The fourth-order valence-electron chi connectivity index (χ4n) is 2.90. The maximum absolute atomic E-state index is 13.8. The highest BCUT2D eigenvalue weighted by atomic mass is 19.1. The maximum atomic E-state index is 13.8. The van der Waals surface area contributed by atoms with E-state index in [1.54, 1.807) is 7.05 Å². The van der Waals surface area contributed by atoms with Gasteiger partial charge in [0.05, 0.1) is 6.20 Å². The standard InChI is InChI=1S/C14H23FN4/c1-9(2)10-6-4-5-7-12(10)18-13-11(15)8-17-14(16-3)19-13/h8-10,12H,4-7H2,1-3H3,(H2,16,17,18,19). The molecule has 2 atom stereocenters. The van der Waals surface area contributed by atoms with E-state index in [2.05, 4.69) is 34.4 Å². The van der Waals surface area contributed by atoms with E-state index in [0.29, 0.717) is 29.6 Å². The van der Waals surface area contributed by atoms with Gasteiger partial charge in [0, 0.05) is 13.1 Å². The lowest BCUT2D eigenvalue weighted by molar-refractivity contribution is 0.253. The van der Waals surface area contributed by atoms with Crippen LogP contribution < -0.4 is 10.6 Å². The van der Waals surface area contributed by atoms with Crippen LogP contribution in [0, 0.1) is 17.7 Å². The van der Waals surface area contributed by atoms with Crippen molar-refractivity contribution in [1.82, 2.24) is 9.97 Å². The molecule has 0 aliphatic heterocycles. The first-order valence-electron chi connectivity index (χ1n) is 7.08. The van der Waals surface area contributed by atoms with Crippen LogP contribution in [0.1, 0.15) is 39.5 Å². The first-order valence-corrected chi connectivity index (χ1v) is 7.08. The molecule has 0 radical (unpaired) electrons. The third-order valence-corrected chi connectivity index (χ3v) is 3.97. The Morgan fingerprint density at radius 3 is 2.74 bits per heavy atom. The Labute approximate surface area is 114 Å². The molecule has 2 N–H and O–H groups in total. The van der Waals surface area contributed by atoms with Crippen molar-refractivity contribution in [3.63, 3.8) is 0 Å². The van der Waals surface area contributed by atoms with Crippen molar-refractivity contribution in [1.29, 1.82) is 0 Å². The average molecular weight is 266 g/mol. The quantitative estimate of drug-likeness (QED) is 0.878. The van der Waals surface area contributed by atoms with E-state index >= 15 is 0 Å². The number of hydrogen-bond donors (Lipinski definition) is 2. The molecule has 2 unspecified atom stereocenters. The van der Waals surface area contributed by atoms with E-state index in [-0.39, 0.29) is 5.82 Å².